The molecule has 0 atom stereocenters. The SMILES string of the molecule is CC(C)c1cc(Cl)ccc1OC1CNC1. The van der Waals surface area contributed by atoms with Gasteiger partial charge in [0.05, 0.1) is 0 Å². The van der Waals surface area contributed by atoms with Gasteiger partial charge in [-0.15, -0.1) is 0 Å². The van der Waals surface area contributed by atoms with Crippen LogP contribution in [0.4, 0.5) is 0 Å². The molecule has 1 aliphatic rings. The van der Waals surface area contributed by atoms with Gasteiger partial charge in [0.2, 0.25) is 0 Å². The summed E-state index contributed by atoms with van der Waals surface area (Å²) >= 11 is 5.98. The van der Waals surface area contributed by atoms with Gasteiger partial charge < -0.3 is 10.1 Å². The summed E-state index contributed by atoms with van der Waals surface area (Å²) in [5.41, 5.74) is 1.19. The Morgan fingerprint density at radius 3 is 2.67 bits per heavy atom. The number of hydrogen-bond acceptors (Lipinski definition) is 2. The third kappa shape index (κ3) is 2.44. The maximum atomic E-state index is 5.98. The van der Waals surface area contributed by atoms with Crippen LogP contribution in [-0.4, -0.2) is 19.2 Å². The molecule has 82 valence electrons. The predicted molar refractivity (Wildman–Crippen MR) is 62.8 cm³/mol. The molecule has 1 heterocycles. The van der Waals surface area contributed by atoms with E-state index in [4.69, 9.17) is 16.3 Å². The van der Waals surface area contributed by atoms with Crippen molar-refractivity contribution in [3.63, 3.8) is 0 Å². The Kier molecular flexibility index (Phi) is 3.17. The van der Waals surface area contributed by atoms with E-state index in [1.54, 1.807) is 0 Å². The van der Waals surface area contributed by atoms with Crippen LogP contribution < -0.4 is 10.1 Å². The van der Waals surface area contributed by atoms with E-state index in [1.807, 2.05) is 18.2 Å². The standard InChI is InChI=1S/C12H16ClNO/c1-8(2)11-5-9(13)3-4-12(11)15-10-6-14-7-10/h3-5,8,10,14H,6-7H2,1-2H3. The molecule has 1 aliphatic heterocycles. The quantitative estimate of drug-likeness (QED) is 0.854. The van der Waals surface area contributed by atoms with Crippen LogP contribution in [-0.2, 0) is 0 Å². The van der Waals surface area contributed by atoms with Crippen molar-refractivity contribution >= 4 is 11.6 Å². The molecular formula is C12H16ClNO. The second kappa shape index (κ2) is 4.42. The molecule has 15 heavy (non-hydrogen) atoms. The van der Waals surface area contributed by atoms with Crippen LogP contribution in [0.3, 0.4) is 0 Å². The van der Waals surface area contributed by atoms with E-state index in [1.165, 1.54) is 5.56 Å². The van der Waals surface area contributed by atoms with Crippen molar-refractivity contribution in [2.45, 2.75) is 25.9 Å². The molecule has 0 aromatic heterocycles. The van der Waals surface area contributed by atoms with E-state index in [-0.39, 0.29) is 0 Å². The molecule has 0 spiro atoms. The van der Waals surface area contributed by atoms with Crippen LogP contribution in [0.25, 0.3) is 0 Å². The van der Waals surface area contributed by atoms with Gasteiger partial charge in [0.15, 0.2) is 0 Å². The van der Waals surface area contributed by atoms with Crippen LogP contribution in [0.15, 0.2) is 18.2 Å². The summed E-state index contributed by atoms with van der Waals surface area (Å²) in [6.45, 7) is 6.19. The highest BCUT2D eigenvalue weighted by atomic mass is 35.5. The van der Waals surface area contributed by atoms with Crippen LogP contribution in [0.5, 0.6) is 5.75 Å². The second-order valence-electron chi connectivity index (χ2n) is 4.23. The average molecular weight is 226 g/mol. The summed E-state index contributed by atoms with van der Waals surface area (Å²) in [5.74, 6) is 1.41. The maximum Gasteiger partial charge on any atom is 0.123 e. The molecule has 0 saturated carbocycles. The van der Waals surface area contributed by atoms with Gasteiger partial charge in [-0.1, -0.05) is 25.4 Å². The average Bonchev–Trinajstić information content (AvgIpc) is 2.12. The molecule has 1 aromatic carbocycles. The van der Waals surface area contributed by atoms with E-state index in [2.05, 4.69) is 19.2 Å². The first-order valence-electron chi connectivity index (χ1n) is 5.33. The van der Waals surface area contributed by atoms with E-state index in [0.29, 0.717) is 12.0 Å². The monoisotopic (exact) mass is 225 g/mol. The Hall–Kier alpha value is -0.730. The zero-order valence-corrected chi connectivity index (χ0v) is 9.84. The van der Waals surface area contributed by atoms with E-state index >= 15 is 0 Å². The third-order valence-corrected chi connectivity index (χ3v) is 2.87. The first-order chi connectivity index (χ1) is 7.16. The second-order valence-corrected chi connectivity index (χ2v) is 4.67. The minimum Gasteiger partial charge on any atom is -0.487 e. The molecular weight excluding hydrogens is 210 g/mol. The summed E-state index contributed by atoms with van der Waals surface area (Å²) in [7, 11) is 0. The molecule has 0 radical (unpaired) electrons. The zero-order valence-electron chi connectivity index (χ0n) is 9.09. The summed E-state index contributed by atoms with van der Waals surface area (Å²) < 4.78 is 5.88. The Bertz CT molecular complexity index is 347. The topological polar surface area (TPSA) is 21.3 Å². The number of nitrogens with one attached hydrogen (secondary N) is 1. The van der Waals surface area contributed by atoms with Gasteiger partial charge in [0.25, 0.3) is 0 Å². The van der Waals surface area contributed by atoms with Gasteiger partial charge in [-0.25, -0.2) is 0 Å². The molecule has 1 fully saturated rings. The third-order valence-electron chi connectivity index (χ3n) is 2.63. The molecule has 0 bridgehead atoms. The fourth-order valence-electron chi connectivity index (χ4n) is 1.60. The highest BCUT2D eigenvalue weighted by Gasteiger charge is 2.20. The Morgan fingerprint density at radius 2 is 2.13 bits per heavy atom. The highest BCUT2D eigenvalue weighted by Crippen LogP contribution is 2.30. The molecule has 1 saturated heterocycles. The lowest BCUT2D eigenvalue weighted by Crippen LogP contribution is -2.50. The molecule has 2 nitrogen and oxygen atoms in total. The van der Waals surface area contributed by atoms with Gasteiger partial charge in [-0.05, 0) is 29.7 Å². The van der Waals surface area contributed by atoms with Crippen molar-refractivity contribution in [1.29, 1.82) is 0 Å². The van der Waals surface area contributed by atoms with Crippen LogP contribution >= 0.6 is 11.6 Å². The summed E-state index contributed by atoms with van der Waals surface area (Å²) in [4.78, 5) is 0. The van der Waals surface area contributed by atoms with E-state index < -0.39 is 0 Å². The first-order valence-corrected chi connectivity index (χ1v) is 5.71. The number of halogens is 1. The highest BCUT2D eigenvalue weighted by molar-refractivity contribution is 6.30. The smallest absolute Gasteiger partial charge is 0.123 e. The molecule has 1 aromatic rings. The van der Waals surface area contributed by atoms with Crippen molar-refractivity contribution < 1.29 is 4.74 Å². The number of rotatable bonds is 3. The maximum absolute atomic E-state index is 5.98. The fourth-order valence-corrected chi connectivity index (χ4v) is 1.78. The molecule has 0 aliphatic carbocycles. The van der Waals surface area contributed by atoms with Crippen LogP contribution in [0, 0.1) is 0 Å². The lowest BCUT2D eigenvalue weighted by Gasteiger charge is -2.29. The van der Waals surface area contributed by atoms with E-state index in [9.17, 15) is 0 Å². The summed E-state index contributed by atoms with van der Waals surface area (Å²) in [6, 6.07) is 5.85. The van der Waals surface area contributed by atoms with Gasteiger partial charge in [-0.2, -0.15) is 0 Å². The van der Waals surface area contributed by atoms with Gasteiger partial charge in [0.1, 0.15) is 11.9 Å². The van der Waals surface area contributed by atoms with Crippen molar-refractivity contribution in [1.82, 2.24) is 5.32 Å². The largest absolute Gasteiger partial charge is 0.487 e. The van der Waals surface area contributed by atoms with Gasteiger partial charge >= 0.3 is 0 Å². The Labute approximate surface area is 95.6 Å². The lowest BCUT2D eigenvalue weighted by atomic mass is 10.0. The molecule has 0 amide bonds. The van der Waals surface area contributed by atoms with Crippen molar-refractivity contribution in [2.75, 3.05) is 13.1 Å². The Morgan fingerprint density at radius 1 is 1.40 bits per heavy atom. The van der Waals surface area contributed by atoms with Gasteiger partial charge in [0, 0.05) is 18.1 Å². The summed E-state index contributed by atoms with van der Waals surface area (Å²) in [6.07, 6.45) is 0.323. The minimum atomic E-state index is 0.323. The van der Waals surface area contributed by atoms with Crippen LogP contribution in [0.2, 0.25) is 5.02 Å². The van der Waals surface area contributed by atoms with Crippen molar-refractivity contribution in [3.8, 4) is 5.75 Å². The van der Waals surface area contributed by atoms with Crippen LogP contribution in [0.1, 0.15) is 25.3 Å². The molecule has 1 N–H and O–H groups in total. The Balaban J connectivity index is 2.20. The molecule has 3 heteroatoms. The van der Waals surface area contributed by atoms with E-state index in [0.717, 1.165) is 23.9 Å². The summed E-state index contributed by atoms with van der Waals surface area (Å²) in [5, 5.41) is 3.97. The van der Waals surface area contributed by atoms with Gasteiger partial charge in [-0.3, -0.25) is 0 Å². The normalized spacial score (nSPS) is 16.5. The molecule has 2 rings (SSSR count). The van der Waals surface area contributed by atoms with Crippen molar-refractivity contribution in [3.05, 3.63) is 28.8 Å². The zero-order chi connectivity index (χ0) is 10.8. The number of hydrogen-bond donors (Lipinski definition) is 1. The first kappa shape index (κ1) is 10.8. The van der Waals surface area contributed by atoms with Crippen molar-refractivity contribution in [2.24, 2.45) is 0 Å². The fraction of sp³-hybridized carbons (Fsp3) is 0.500. The minimum absolute atomic E-state index is 0.323. The number of ether oxygens (including phenoxy) is 1. The molecule has 0 unspecified atom stereocenters. The lowest BCUT2D eigenvalue weighted by molar-refractivity contribution is 0.140. The number of benzene rings is 1. The predicted octanol–water partition coefficient (Wildman–Crippen LogP) is 2.81.